The number of aromatic carboxylic acids is 1. The van der Waals surface area contributed by atoms with Gasteiger partial charge in [-0.15, -0.1) is 0 Å². The monoisotopic (exact) mass is 444 g/mol. The topological polar surface area (TPSA) is 142 Å². The molecule has 0 radical (unpaired) electrons. The van der Waals surface area contributed by atoms with Gasteiger partial charge in [-0.1, -0.05) is 0 Å². The number of imidazole rings is 1. The number of carboxylic acids is 1. The summed E-state index contributed by atoms with van der Waals surface area (Å²) in [5.74, 6) is -1.38. The predicted octanol–water partition coefficient (Wildman–Crippen LogP) is 3.77. The van der Waals surface area contributed by atoms with Gasteiger partial charge in [-0.05, 0) is 42.5 Å². The molecule has 0 amide bonds. The number of phenolic OH excluding ortho intramolecular Hbond substituents is 2. The van der Waals surface area contributed by atoms with Crippen molar-refractivity contribution in [1.82, 2.24) is 9.97 Å². The molecule has 0 saturated heterocycles. The average Bonchev–Trinajstić information content (AvgIpc) is 3.45. The molecule has 4 aromatic rings. The Bertz CT molecular complexity index is 1330. The van der Waals surface area contributed by atoms with E-state index in [4.69, 9.17) is 9.47 Å². The Balaban J connectivity index is 0.000000406. The lowest BCUT2D eigenvalue weighted by Crippen LogP contribution is -2.33. The van der Waals surface area contributed by atoms with Gasteiger partial charge in [0.15, 0.2) is 5.60 Å². The highest BCUT2D eigenvalue weighted by atomic mass is 16.6. The molecule has 33 heavy (non-hydrogen) atoms. The van der Waals surface area contributed by atoms with Crippen molar-refractivity contribution in [2.24, 2.45) is 0 Å². The van der Waals surface area contributed by atoms with Gasteiger partial charge in [0.2, 0.25) is 0 Å². The van der Waals surface area contributed by atoms with E-state index in [1.165, 1.54) is 42.5 Å². The second kappa shape index (κ2) is 7.41. The van der Waals surface area contributed by atoms with E-state index < -0.39 is 17.5 Å². The maximum Gasteiger partial charge on any atom is 0.340 e. The lowest BCUT2D eigenvalue weighted by molar-refractivity contribution is 0.0224. The molecule has 3 heterocycles. The Morgan fingerprint density at radius 2 is 1.58 bits per heavy atom. The highest BCUT2D eigenvalue weighted by molar-refractivity contribution is 5.99. The standard InChI is InChI=1S/C21H12O7.C3H4N2/c22-11-2-5-14-17(8-11)27-18-9-12(23)3-6-15(18)21(14)16-7-10(19(24)25)1-4-13(16)20(26)28-21;1-2-5-3-4-1/h1-9,22-23H,(H,24,25);1-3H,(H,4,5). The summed E-state index contributed by atoms with van der Waals surface area (Å²) in [5.41, 5.74) is 0.0340. The molecular formula is C24H16N2O7. The molecule has 6 rings (SSSR count). The van der Waals surface area contributed by atoms with Crippen molar-refractivity contribution in [3.63, 3.8) is 0 Å². The fraction of sp³-hybridized carbons (Fsp3) is 0.0417. The van der Waals surface area contributed by atoms with Gasteiger partial charge in [0.25, 0.3) is 0 Å². The minimum Gasteiger partial charge on any atom is -0.508 e. The molecule has 9 heteroatoms. The van der Waals surface area contributed by atoms with Gasteiger partial charge in [-0.3, -0.25) is 0 Å². The second-order valence-electron chi connectivity index (χ2n) is 7.36. The van der Waals surface area contributed by atoms with Crippen LogP contribution in [-0.4, -0.2) is 37.2 Å². The number of hydrogen-bond acceptors (Lipinski definition) is 7. The number of carboxylic acid groups (broad SMARTS) is 1. The zero-order valence-electron chi connectivity index (χ0n) is 16.9. The Labute approximate surface area is 186 Å². The van der Waals surface area contributed by atoms with Gasteiger partial charge in [-0.25, -0.2) is 14.6 Å². The zero-order chi connectivity index (χ0) is 23.2. The predicted molar refractivity (Wildman–Crippen MR) is 114 cm³/mol. The van der Waals surface area contributed by atoms with E-state index >= 15 is 0 Å². The number of fused-ring (bicyclic) bond motifs is 6. The largest absolute Gasteiger partial charge is 0.508 e. The first-order chi connectivity index (χ1) is 15.9. The number of H-pyrrole nitrogens is 1. The number of benzene rings is 3. The summed E-state index contributed by atoms with van der Waals surface area (Å²) < 4.78 is 11.7. The Kier molecular flexibility index (Phi) is 4.52. The lowest BCUT2D eigenvalue weighted by atomic mass is 9.77. The Morgan fingerprint density at radius 3 is 2.09 bits per heavy atom. The summed E-state index contributed by atoms with van der Waals surface area (Å²) in [6.45, 7) is 0. The highest BCUT2D eigenvalue weighted by Gasteiger charge is 2.53. The highest BCUT2D eigenvalue weighted by Crippen LogP contribution is 2.57. The lowest BCUT2D eigenvalue weighted by Gasteiger charge is -2.36. The summed E-state index contributed by atoms with van der Waals surface area (Å²) >= 11 is 0. The molecule has 3 aromatic carbocycles. The SMILES string of the molecule is O=C(O)c1ccc2c(c1)C1(OC2=O)c2ccc(O)cc2Oc2cc(O)ccc21.c1c[nH]cn1. The van der Waals surface area contributed by atoms with Crippen molar-refractivity contribution in [3.05, 3.63) is 101 Å². The summed E-state index contributed by atoms with van der Waals surface area (Å²) in [4.78, 5) is 30.6. The molecule has 0 aliphatic carbocycles. The van der Waals surface area contributed by atoms with Crippen molar-refractivity contribution < 1.29 is 34.4 Å². The Morgan fingerprint density at radius 1 is 0.909 bits per heavy atom. The van der Waals surface area contributed by atoms with E-state index in [1.807, 2.05) is 0 Å². The van der Waals surface area contributed by atoms with Gasteiger partial charge in [0.05, 0.1) is 17.5 Å². The van der Waals surface area contributed by atoms with Gasteiger partial charge >= 0.3 is 11.9 Å². The fourth-order valence-electron chi connectivity index (χ4n) is 4.05. The van der Waals surface area contributed by atoms with Crippen LogP contribution in [0.15, 0.2) is 73.3 Å². The number of rotatable bonds is 1. The molecule has 0 bridgehead atoms. The second-order valence-corrected chi connectivity index (χ2v) is 7.36. The van der Waals surface area contributed by atoms with Gasteiger partial charge in [0.1, 0.15) is 23.0 Å². The number of carbonyl (C=O) groups excluding carboxylic acids is 1. The molecule has 0 atom stereocenters. The van der Waals surface area contributed by atoms with Crippen LogP contribution in [0, 0.1) is 0 Å². The van der Waals surface area contributed by atoms with Gasteiger partial charge in [0, 0.05) is 41.2 Å². The van der Waals surface area contributed by atoms with Crippen molar-refractivity contribution in [2.45, 2.75) is 5.60 Å². The van der Waals surface area contributed by atoms with Crippen LogP contribution in [0.3, 0.4) is 0 Å². The number of aromatic nitrogens is 2. The maximum atomic E-state index is 12.7. The van der Waals surface area contributed by atoms with Crippen LogP contribution >= 0.6 is 0 Å². The van der Waals surface area contributed by atoms with Crippen LogP contribution < -0.4 is 4.74 Å². The summed E-state index contributed by atoms with van der Waals surface area (Å²) in [5, 5.41) is 29.2. The normalized spacial score (nSPS) is 14.1. The number of nitrogens with one attached hydrogen (secondary N) is 1. The van der Waals surface area contributed by atoms with E-state index in [1.54, 1.807) is 30.9 Å². The molecule has 9 nitrogen and oxygen atoms in total. The number of phenols is 2. The number of carbonyl (C=O) groups is 2. The van der Waals surface area contributed by atoms with Crippen LogP contribution in [0.1, 0.15) is 37.4 Å². The minimum absolute atomic E-state index is 0.00331. The number of aromatic hydroxyl groups is 2. The first kappa shape index (κ1) is 20.1. The summed E-state index contributed by atoms with van der Waals surface area (Å²) in [7, 11) is 0. The summed E-state index contributed by atoms with van der Waals surface area (Å²) in [6, 6.07) is 12.9. The van der Waals surface area contributed by atoms with Crippen LogP contribution in [-0.2, 0) is 10.3 Å². The van der Waals surface area contributed by atoms with Gasteiger partial charge < -0.3 is 29.8 Å². The molecule has 2 aliphatic rings. The average molecular weight is 444 g/mol. The first-order valence-electron chi connectivity index (χ1n) is 9.79. The zero-order valence-corrected chi connectivity index (χ0v) is 16.9. The van der Waals surface area contributed by atoms with E-state index in [0.717, 1.165) is 0 Å². The van der Waals surface area contributed by atoms with Crippen LogP contribution in [0.5, 0.6) is 23.0 Å². The third-order valence-electron chi connectivity index (χ3n) is 5.43. The molecule has 0 fully saturated rings. The minimum atomic E-state index is -1.46. The number of hydrogen-bond donors (Lipinski definition) is 4. The third-order valence-corrected chi connectivity index (χ3v) is 5.43. The quantitative estimate of drug-likeness (QED) is 0.325. The molecule has 1 aromatic heterocycles. The third kappa shape index (κ3) is 3.14. The number of aromatic amines is 1. The molecular weight excluding hydrogens is 428 g/mol. The van der Waals surface area contributed by atoms with Crippen LogP contribution in [0.25, 0.3) is 0 Å². The van der Waals surface area contributed by atoms with Crippen molar-refractivity contribution in [2.75, 3.05) is 0 Å². The molecule has 0 saturated carbocycles. The number of nitrogens with zero attached hydrogens (tertiary/aromatic N) is 1. The van der Waals surface area contributed by atoms with E-state index in [9.17, 15) is 24.9 Å². The van der Waals surface area contributed by atoms with E-state index in [0.29, 0.717) is 16.7 Å². The number of ether oxygens (including phenoxy) is 2. The number of esters is 1. The van der Waals surface area contributed by atoms with E-state index in [2.05, 4.69) is 9.97 Å². The molecule has 2 aliphatic heterocycles. The smallest absolute Gasteiger partial charge is 0.340 e. The fourth-order valence-corrected chi connectivity index (χ4v) is 4.05. The molecule has 1 spiro atoms. The molecule has 164 valence electrons. The van der Waals surface area contributed by atoms with E-state index in [-0.39, 0.29) is 34.1 Å². The maximum absolute atomic E-state index is 12.7. The van der Waals surface area contributed by atoms with Crippen LogP contribution in [0.2, 0.25) is 0 Å². The van der Waals surface area contributed by atoms with Crippen LogP contribution in [0.4, 0.5) is 0 Å². The van der Waals surface area contributed by atoms with Crippen molar-refractivity contribution in [1.29, 1.82) is 0 Å². The Hall–Kier alpha value is -4.79. The summed E-state index contributed by atoms with van der Waals surface area (Å²) in [6.07, 6.45) is 5.08. The first-order valence-corrected chi connectivity index (χ1v) is 9.79. The van der Waals surface area contributed by atoms with Crippen molar-refractivity contribution in [3.8, 4) is 23.0 Å². The van der Waals surface area contributed by atoms with Crippen molar-refractivity contribution >= 4 is 11.9 Å². The molecule has 0 unspecified atom stereocenters. The molecule has 4 N–H and O–H groups in total. The van der Waals surface area contributed by atoms with Gasteiger partial charge in [-0.2, -0.15) is 0 Å².